The van der Waals surface area contributed by atoms with Crippen LogP contribution < -0.4 is 22.1 Å². The molecule has 0 saturated carbocycles. The SMILES string of the molecule is Cc1ccccc1CC(NC(=O)C1CCCN1C(=O)C(N)Cc1c(C)cc(O)cc1C)C(=O)NC(Cc1ccccc1)C(N)=O. The van der Waals surface area contributed by atoms with Crippen molar-refractivity contribution in [2.75, 3.05) is 6.54 Å². The number of carbonyl (C=O) groups excluding carboxylic acids is 4. The molecule has 1 fully saturated rings. The molecular weight excluding hydrogens is 570 g/mol. The first-order valence-electron chi connectivity index (χ1n) is 15.3. The van der Waals surface area contributed by atoms with Crippen molar-refractivity contribution in [3.63, 3.8) is 0 Å². The van der Waals surface area contributed by atoms with Crippen LogP contribution in [0.2, 0.25) is 0 Å². The van der Waals surface area contributed by atoms with E-state index in [2.05, 4.69) is 10.6 Å². The first-order chi connectivity index (χ1) is 21.4. The largest absolute Gasteiger partial charge is 0.508 e. The number of phenolic OH excluding ortho intramolecular Hbond substituents is 1. The highest BCUT2D eigenvalue weighted by Crippen LogP contribution is 2.24. The number of benzene rings is 3. The monoisotopic (exact) mass is 613 g/mol. The first kappa shape index (κ1) is 33.2. The fourth-order valence-electron chi connectivity index (χ4n) is 6.00. The Morgan fingerprint density at radius 1 is 0.867 bits per heavy atom. The van der Waals surface area contributed by atoms with Crippen LogP contribution in [0.15, 0.2) is 66.7 Å². The fourth-order valence-corrected chi connectivity index (χ4v) is 6.00. The molecule has 4 unspecified atom stereocenters. The standard InChI is InChI=1S/C35H43N5O5/c1-21-10-7-8-13-25(21)19-30(33(43)38-29(32(37)42)18-24-11-5-4-6-12-24)39-34(44)31-14-9-15-40(31)35(45)28(36)20-27-22(2)16-26(41)17-23(27)3/h4-8,10-13,16-17,28-31,41H,9,14-15,18-20,36H2,1-3H3,(H2,37,42)(H,38,43)(H,39,44). The van der Waals surface area contributed by atoms with Gasteiger partial charge in [0.15, 0.2) is 0 Å². The summed E-state index contributed by atoms with van der Waals surface area (Å²) in [6, 6.07) is 16.3. The number of nitrogens with two attached hydrogens (primary N) is 2. The second kappa shape index (κ2) is 14.9. The average molecular weight is 614 g/mol. The molecular formula is C35H43N5O5. The van der Waals surface area contributed by atoms with Crippen LogP contribution in [-0.4, -0.2) is 64.3 Å². The summed E-state index contributed by atoms with van der Waals surface area (Å²) in [5.41, 5.74) is 17.2. The number of amides is 4. The molecule has 0 bridgehead atoms. The van der Waals surface area contributed by atoms with Gasteiger partial charge in [-0.15, -0.1) is 0 Å². The molecule has 238 valence electrons. The predicted octanol–water partition coefficient (Wildman–Crippen LogP) is 2.12. The Balaban J connectivity index is 1.51. The van der Waals surface area contributed by atoms with Gasteiger partial charge in [-0.05, 0) is 85.5 Å². The van der Waals surface area contributed by atoms with Gasteiger partial charge in [0.2, 0.25) is 23.6 Å². The van der Waals surface area contributed by atoms with Gasteiger partial charge in [-0.2, -0.15) is 0 Å². The maximum atomic E-state index is 13.7. The van der Waals surface area contributed by atoms with E-state index < -0.39 is 41.9 Å². The molecule has 7 N–H and O–H groups in total. The quantitative estimate of drug-likeness (QED) is 0.210. The Labute approximate surface area is 264 Å². The minimum absolute atomic E-state index is 0.149. The predicted molar refractivity (Wildman–Crippen MR) is 172 cm³/mol. The first-order valence-corrected chi connectivity index (χ1v) is 15.3. The molecule has 3 aromatic rings. The number of nitrogens with zero attached hydrogens (tertiary/aromatic N) is 1. The highest BCUT2D eigenvalue weighted by atomic mass is 16.3. The molecule has 0 radical (unpaired) electrons. The molecule has 1 aliphatic heterocycles. The Morgan fingerprint density at radius 3 is 2.16 bits per heavy atom. The maximum absolute atomic E-state index is 13.7. The molecule has 0 spiro atoms. The fraction of sp³-hybridized carbons (Fsp3) is 0.371. The maximum Gasteiger partial charge on any atom is 0.243 e. The Bertz CT molecular complexity index is 1520. The number of rotatable bonds is 12. The van der Waals surface area contributed by atoms with E-state index in [1.807, 2.05) is 75.4 Å². The third-order valence-electron chi connectivity index (χ3n) is 8.52. The van der Waals surface area contributed by atoms with Gasteiger partial charge in [0, 0.05) is 19.4 Å². The zero-order valence-corrected chi connectivity index (χ0v) is 26.1. The number of likely N-dealkylation sites (tertiary alicyclic amines) is 1. The summed E-state index contributed by atoms with van der Waals surface area (Å²) in [6.45, 7) is 6.00. The second-order valence-electron chi connectivity index (χ2n) is 11.9. The van der Waals surface area contributed by atoms with E-state index in [-0.39, 0.29) is 30.9 Å². The molecule has 1 heterocycles. The van der Waals surface area contributed by atoms with Gasteiger partial charge in [0.05, 0.1) is 6.04 Å². The highest BCUT2D eigenvalue weighted by Gasteiger charge is 2.38. The highest BCUT2D eigenvalue weighted by molar-refractivity contribution is 5.95. The van der Waals surface area contributed by atoms with Crippen LogP contribution >= 0.6 is 0 Å². The summed E-state index contributed by atoms with van der Waals surface area (Å²) in [5, 5.41) is 15.5. The van der Waals surface area contributed by atoms with Gasteiger partial charge >= 0.3 is 0 Å². The molecule has 4 amide bonds. The number of nitrogens with one attached hydrogen (secondary N) is 2. The van der Waals surface area contributed by atoms with E-state index >= 15 is 0 Å². The van der Waals surface area contributed by atoms with Gasteiger partial charge in [-0.1, -0.05) is 54.6 Å². The van der Waals surface area contributed by atoms with Crippen molar-refractivity contribution in [2.24, 2.45) is 11.5 Å². The zero-order chi connectivity index (χ0) is 32.7. The molecule has 1 aliphatic rings. The Kier molecular flexibility index (Phi) is 11.0. The van der Waals surface area contributed by atoms with Crippen LogP contribution in [0.3, 0.4) is 0 Å². The van der Waals surface area contributed by atoms with Gasteiger partial charge in [0.1, 0.15) is 23.9 Å². The molecule has 4 atom stereocenters. The lowest BCUT2D eigenvalue weighted by atomic mass is 9.95. The molecule has 45 heavy (non-hydrogen) atoms. The van der Waals surface area contributed by atoms with Gasteiger partial charge in [-0.3, -0.25) is 19.2 Å². The van der Waals surface area contributed by atoms with Crippen LogP contribution in [0.5, 0.6) is 5.75 Å². The van der Waals surface area contributed by atoms with E-state index in [9.17, 15) is 24.3 Å². The smallest absolute Gasteiger partial charge is 0.243 e. The summed E-state index contributed by atoms with van der Waals surface area (Å²) >= 11 is 0. The van der Waals surface area contributed by atoms with Gasteiger partial charge in [0.25, 0.3) is 0 Å². The van der Waals surface area contributed by atoms with Crippen LogP contribution in [0.4, 0.5) is 0 Å². The topological polar surface area (TPSA) is 168 Å². The lowest BCUT2D eigenvalue weighted by Crippen LogP contribution is -2.58. The number of primary amides is 1. The third-order valence-corrected chi connectivity index (χ3v) is 8.52. The minimum Gasteiger partial charge on any atom is -0.508 e. The van der Waals surface area contributed by atoms with Crippen molar-refractivity contribution in [2.45, 2.75) is 77.0 Å². The van der Waals surface area contributed by atoms with Crippen LogP contribution in [0.1, 0.15) is 46.2 Å². The summed E-state index contributed by atoms with van der Waals surface area (Å²) in [6.07, 6.45) is 1.69. The summed E-state index contributed by atoms with van der Waals surface area (Å²) < 4.78 is 0. The number of hydrogen-bond donors (Lipinski definition) is 5. The van der Waals surface area contributed by atoms with E-state index in [4.69, 9.17) is 11.5 Å². The second-order valence-corrected chi connectivity index (χ2v) is 11.9. The molecule has 0 aromatic heterocycles. The number of hydrogen-bond acceptors (Lipinski definition) is 6. The molecule has 1 saturated heterocycles. The van der Waals surface area contributed by atoms with Crippen LogP contribution in [0, 0.1) is 20.8 Å². The van der Waals surface area contributed by atoms with Crippen LogP contribution in [0.25, 0.3) is 0 Å². The van der Waals surface area contributed by atoms with E-state index in [1.54, 1.807) is 12.1 Å². The van der Waals surface area contributed by atoms with Crippen molar-refractivity contribution in [3.05, 3.63) is 100 Å². The number of phenols is 1. The summed E-state index contributed by atoms with van der Waals surface area (Å²) in [5.74, 6) is -1.89. The van der Waals surface area contributed by atoms with Gasteiger partial charge < -0.3 is 32.1 Å². The number of aryl methyl sites for hydroxylation is 3. The normalized spacial score (nSPS) is 16.4. The Hall–Kier alpha value is -4.70. The van der Waals surface area contributed by atoms with Crippen molar-refractivity contribution in [1.29, 1.82) is 0 Å². The molecule has 4 rings (SSSR count). The van der Waals surface area contributed by atoms with E-state index in [0.717, 1.165) is 33.4 Å². The van der Waals surface area contributed by atoms with Crippen molar-refractivity contribution in [3.8, 4) is 5.75 Å². The van der Waals surface area contributed by atoms with E-state index in [1.165, 1.54) is 4.90 Å². The number of carbonyl (C=O) groups is 4. The zero-order valence-electron chi connectivity index (χ0n) is 26.1. The lowest BCUT2D eigenvalue weighted by Gasteiger charge is -2.29. The van der Waals surface area contributed by atoms with Crippen molar-refractivity contribution < 1.29 is 24.3 Å². The van der Waals surface area contributed by atoms with E-state index in [0.29, 0.717) is 19.4 Å². The van der Waals surface area contributed by atoms with Gasteiger partial charge in [-0.25, -0.2) is 0 Å². The number of aromatic hydroxyl groups is 1. The summed E-state index contributed by atoms with van der Waals surface area (Å²) in [4.78, 5) is 54.8. The molecule has 10 heteroatoms. The molecule has 0 aliphatic carbocycles. The average Bonchev–Trinajstić information content (AvgIpc) is 3.49. The molecule has 10 nitrogen and oxygen atoms in total. The van der Waals surface area contributed by atoms with Crippen LogP contribution in [-0.2, 0) is 38.4 Å². The van der Waals surface area contributed by atoms with Crippen molar-refractivity contribution >= 4 is 23.6 Å². The third kappa shape index (κ3) is 8.48. The lowest BCUT2D eigenvalue weighted by molar-refractivity contribution is -0.140. The summed E-state index contributed by atoms with van der Waals surface area (Å²) in [7, 11) is 0. The molecule has 3 aromatic carbocycles. The minimum atomic E-state index is -1.02. The Morgan fingerprint density at radius 2 is 1.51 bits per heavy atom. The van der Waals surface area contributed by atoms with Crippen molar-refractivity contribution in [1.82, 2.24) is 15.5 Å².